The Morgan fingerprint density at radius 1 is 1.47 bits per heavy atom. The van der Waals surface area contributed by atoms with Crippen molar-refractivity contribution >= 4 is 17.7 Å². The number of nitrogens with zero attached hydrogens (tertiary/aromatic N) is 1. The number of amides is 3. The number of hydrogen-bond donors (Lipinski definition) is 2. The van der Waals surface area contributed by atoms with Gasteiger partial charge in [-0.25, -0.2) is 0 Å². The average molecular weight is 281 g/mol. The molecule has 0 spiro atoms. The maximum absolute atomic E-state index is 12.2. The summed E-state index contributed by atoms with van der Waals surface area (Å²) in [5.41, 5.74) is 0. The molecule has 1 rings (SSSR count). The Bertz CT molecular complexity index is 384. The number of alkyl halides is 3. The van der Waals surface area contributed by atoms with Crippen molar-refractivity contribution in [3.63, 3.8) is 0 Å². The molecule has 1 saturated heterocycles. The minimum atomic E-state index is -5.02. The Labute approximate surface area is 107 Å². The maximum atomic E-state index is 12.2. The van der Waals surface area contributed by atoms with Crippen LogP contribution in [-0.2, 0) is 14.4 Å². The van der Waals surface area contributed by atoms with Crippen LogP contribution in [0.25, 0.3) is 0 Å². The smallest absolute Gasteiger partial charge is 0.345 e. The van der Waals surface area contributed by atoms with Gasteiger partial charge in [-0.05, 0) is 6.42 Å². The first-order chi connectivity index (χ1) is 8.75. The zero-order chi connectivity index (χ0) is 14.6. The number of halogens is 3. The molecule has 1 aliphatic heterocycles. The highest BCUT2D eigenvalue weighted by Gasteiger charge is 2.41. The van der Waals surface area contributed by atoms with Gasteiger partial charge in [-0.2, -0.15) is 13.2 Å². The molecule has 108 valence electrons. The Morgan fingerprint density at radius 3 is 2.63 bits per heavy atom. The summed E-state index contributed by atoms with van der Waals surface area (Å²) in [6.07, 6.45) is -5.56. The topological polar surface area (TPSA) is 78.5 Å². The van der Waals surface area contributed by atoms with Crippen LogP contribution in [0.5, 0.6) is 0 Å². The van der Waals surface area contributed by atoms with E-state index in [2.05, 4.69) is 5.32 Å². The third kappa shape index (κ3) is 4.11. The van der Waals surface area contributed by atoms with Crippen LogP contribution in [-0.4, -0.2) is 48.1 Å². The zero-order valence-electron chi connectivity index (χ0n) is 10.2. The zero-order valence-corrected chi connectivity index (χ0v) is 10.2. The van der Waals surface area contributed by atoms with Crippen molar-refractivity contribution in [2.24, 2.45) is 0 Å². The maximum Gasteiger partial charge on any atom is 0.471 e. The molecule has 1 heterocycles. The number of nitrogens with one attached hydrogen (secondary N) is 2. The van der Waals surface area contributed by atoms with E-state index in [9.17, 15) is 27.6 Å². The number of rotatable bonds is 4. The first-order valence-electron chi connectivity index (χ1n) is 5.69. The first-order valence-corrected chi connectivity index (χ1v) is 5.69. The van der Waals surface area contributed by atoms with Crippen LogP contribution >= 0.6 is 0 Å². The Balaban J connectivity index is 2.78. The van der Waals surface area contributed by atoms with Crippen LogP contribution < -0.4 is 10.6 Å². The van der Waals surface area contributed by atoms with Crippen molar-refractivity contribution in [1.82, 2.24) is 15.5 Å². The molecule has 9 heteroatoms. The fourth-order valence-electron chi connectivity index (χ4n) is 1.67. The highest BCUT2D eigenvalue weighted by atomic mass is 19.4. The lowest BCUT2D eigenvalue weighted by Crippen LogP contribution is -2.60. The minimum absolute atomic E-state index is 0.140. The number of piperazine rings is 1. The predicted octanol–water partition coefficient (Wildman–Crippen LogP) is -0.251. The highest BCUT2D eigenvalue weighted by molar-refractivity contribution is 5.93. The summed E-state index contributed by atoms with van der Waals surface area (Å²) >= 11 is 0. The molecule has 1 unspecified atom stereocenters. The molecule has 19 heavy (non-hydrogen) atoms. The van der Waals surface area contributed by atoms with Gasteiger partial charge in [-0.1, -0.05) is 13.3 Å². The molecule has 1 fully saturated rings. The van der Waals surface area contributed by atoms with Gasteiger partial charge in [-0.15, -0.1) is 0 Å². The van der Waals surface area contributed by atoms with Gasteiger partial charge in [0.25, 0.3) is 0 Å². The molecule has 1 atom stereocenters. The van der Waals surface area contributed by atoms with Crippen molar-refractivity contribution in [3.05, 3.63) is 0 Å². The molecule has 1 aliphatic rings. The van der Waals surface area contributed by atoms with E-state index in [1.807, 2.05) is 0 Å². The van der Waals surface area contributed by atoms with Crippen molar-refractivity contribution < 1.29 is 27.6 Å². The fraction of sp³-hybridized carbons (Fsp3) is 0.700. The van der Waals surface area contributed by atoms with E-state index in [0.29, 0.717) is 6.42 Å². The van der Waals surface area contributed by atoms with Crippen LogP contribution in [0.4, 0.5) is 13.2 Å². The molecule has 0 aliphatic carbocycles. The van der Waals surface area contributed by atoms with Crippen LogP contribution in [0, 0.1) is 0 Å². The van der Waals surface area contributed by atoms with Gasteiger partial charge in [-0.3, -0.25) is 14.4 Å². The van der Waals surface area contributed by atoms with Gasteiger partial charge < -0.3 is 15.5 Å². The van der Waals surface area contributed by atoms with Crippen molar-refractivity contribution in [2.75, 3.05) is 13.1 Å². The number of hydrogen-bond acceptors (Lipinski definition) is 3. The van der Waals surface area contributed by atoms with Crippen LogP contribution in [0.15, 0.2) is 0 Å². The van der Waals surface area contributed by atoms with E-state index in [0.717, 1.165) is 4.90 Å². The summed E-state index contributed by atoms with van der Waals surface area (Å²) in [7, 11) is 0. The van der Waals surface area contributed by atoms with Crippen molar-refractivity contribution in [3.8, 4) is 0 Å². The fourth-order valence-corrected chi connectivity index (χ4v) is 1.67. The lowest BCUT2D eigenvalue weighted by molar-refractivity contribution is -0.176. The Morgan fingerprint density at radius 2 is 2.11 bits per heavy atom. The largest absolute Gasteiger partial charge is 0.471 e. The van der Waals surface area contributed by atoms with E-state index in [1.165, 1.54) is 0 Å². The van der Waals surface area contributed by atoms with E-state index < -0.39 is 30.1 Å². The minimum Gasteiger partial charge on any atom is -0.345 e. The summed E-state index contributed by atoms with van der Waals surface area (Å²) in [6.45, 7) is 1.06. The molecule has 0 aromatic heterocycles. The highest BCUT2D eigenvalue weighted by Crippen LogP contribution is 2.16. The quantitative estimate of drug-likeness (QED) is 0.746. The molecule has 3 amide bonds. The normalized spacial score (nSPS) is 18.0. The summed E-state index contributed by atoms with van der Waals surface area (Å²) in [5.74, 6) is -3.12. The summed E-state index contributed by atoms with van der Waals surface area (Å²) in [4.78, 5) is 34.6. The number of carbonyl (C=O) groups excluding carboxylic acids is 3. The van der Waals surface area contributed by atoms with E-state index in [-0.39, 0.29) is 19.5 Å². The van der Waals surface area contributed by atoms with E-state index in [1.54, 1.807) is 12.2 Å². The first kappa shape index (κ1) is 15.3. The molecule has 0 bridgehead atoms. The van der Waals surface area contributed by atoms with Crippen LogP contribution in [0.1, 0.15) is 19.8 Å². The second-order valence-electron chi connectivity index (χ2n) is 4.07. The third-order valence-corrected chi connectivity index (χ3v) is 2.56. The molecule has 0 aromatic rings. The van der Waals surface area contributed by atoms with Gasteiger partial charge in [0.05, 0.1) is 6.54 Å². The summed E-state index contributed by atoms with van der Waals surface area (Å²) < 4.78 is 36.6. The van der Waals surface area contributed by atoms with Crippen LogP contribution in [0.3, 0.4) is 0 Å². The van der Waals surface area contributed by atoms with Crippen LogP contribution in [0.2, 0.25) is 0 Å². The van der Waals surface area contributed by atoms with Gasteiger partial charge in [0.15, 0.2) is 0 Å². The lowest BCUT2D eigenvalue weighted by Gasteiger charge is -2.34. The molecular formula is C10H14F3N3O3. The van der Waals surface area contributed by atoms with Gasteiger partial charge in [0.2, 0.25) is 11.8 Å². The Hall–Kier alpha value is -1.80. The average Bonchev–Trinajstić information content (AvgIpc) is 2.30. The SMILES string of the molecule is CCCC(NC(=O)C(F)(F)F)N1CC(=O)NCC1=O. The van der Waals surface area contributed by atoms with Gasteiger partial charge >= 0.3 is 12.1 Å². The molecule has 0 aromatic carbocycles. The monoisotopic (exact) mass is 281 g/mol. The standard InChI is InChI=1S/C10H14F3N3O3/c1-2-3-6(15-9(19)10(11,12)13)16-5-7(17)14-4-8(16)18/h6H,2-5H2,1H3,(H,14,17)(H,15,19). The van der Waals surface area contributed by atoms with Gasteiger partial charge in [0, 0.05) is 0 Å². The second kappa shape index (κ2) is 5.89. The molecule has 0 saturated carbocycles. The van der Waals surface area contributed by atoms with E-state index in [4.69, 9.17) is 0 Å². The molecule has 0 radical (unpaired) electrons. The molecular weight excluding hydrogens is 267 g/mol. The number of carbonyl (C=O) groups is 3. The third-order valence-electron chi connectivity index (χ3n) is 2.56. The van der Waals surface area contributed by atoms with Crippen molar-refractivity contribution in [1.29, 1.82) is 0 Å². The molecule has 2 N–H and O–H groups in total. The summed E-state index contributed by atoms with van der Waals surface area (Å²) in [6, 6.07) is 0. The summed E-state index contributed by atoms with van der Waals surface area (Å²) in [5, 5.41) is 4.02. The lowest BCUT2D eigenvalue weighted by atomic mass is 10.2. The predicted molar refractivity (Wildman–Crippen MR) is 57.6 cm³/mol. The molecule has 6 nitrogen and oxygen atoms in total. The van der Waals surface area contributed by atoms with Gasteiger partial charge in [0.1, 0.15) is 12.7 Å². The van der Waals surface area contributed by atoms with Crippen molar-refractivity contribution in [2.45, 2.75) is 32.1 Å². The Kier molecular flexibility index (Phi) is 4.73. The van der Waals surface area contributed by atoms with E-state index >= 15 is 0 Å². The second-order valence-corrected chi connectivity index (χ2v) is 4.07.